The van der Waals surface area contributed by atoms with Crippen molar-refractivity contribution in [3.63, 3.8) is 0 Å². The second-order valence-corrected chi connectivity index (χ2v) is 14.8. The monoisotopic (exact) mass is 484 g/mol. The minimum atomic E-state index is -0.582. The Bertz CT molecular complexity index is 1150. The predicted molar refractivity (Wildman–Crippen MR) is 142 cm³/mol. The van der Waals surface area contributed by atoms with Gasteiger partial charge in [-0.3, -0.25) is 0 Å². The molecule has 0 saturated heterocycles. The quantitative estimate of drug-likeness (QED) is 0.436. The normalized spacial score (nSPS) is 50.1. The first-order valence-electron chi connectivity index (χ1n) is 14.2. The van der Waals surface area contributed by atoms with Crippen molar-refractivity contribution in [1.29, 1.82) is 0 Å². The molecule has 0 radical (unpaired) electrons. The molecule has 2 aromatic carbocycles. The average Bonchev–Trinajstić information content (AvgIpc) is 2.76. The van der Waals surface area contributed by atoms with Crippen molar-refractivity contribution in [2.24, 2.45) is 22.7 Å². The Labute approximate surface area is 214 Å². The standard InChI is InChI=1S/C32H40N2O2/c33-25-5-1-23(2-6-25)27-9-21-11-29(15-27,19-31(35,13-21)17-27)30-12-22-10-28(16-30,18-32(36,14-22)20-30)24-3-7-26(34)8-4-24/h1-8,21-22,35-36H,9-20,33-34H2. The number of hydrogen-bond acceptors (Lipinski definition) is 4. The molecule has 8 bridgehead atoms. The molecular weight excluding hydrogens is 444 g/mol. The minimum absolute atomic E-state index is 0.0299. The van der Waals surface area contributed by atoms with Gasteiger partial charge in [0, 0.05) is 11.4 Å². The van der Waals surface area contributed by atoms with Crippen LogP contribution >= 0.6 is 0 Å². The lowest BCUT2D eigenvalue weighted by Gasteiger charge is -2.76. The summed E-state index contributed by atoms with van der Waals surface area (Å²) in [7, 11) is 0. The van der Waals surface area contributed by atoms with Gasteiger partial charge in [0.1, 0.15) is 0 Å². The van der Waals surface area contributed by atoms with E-state index in [9.17, 15) is 10.2 Å². The molecular formula is C32H40N2O2. The molecule has 8 aliphatic carbocycles. The van der Waals surface area contributed by atoms with Crippen LogP contribution in [-0.2, 0) is 10.8 Å². The molecule has 0 heterocycles. The Balaban J connectivity index is 1.27. The first kappa shape index (κ1) is 22.0. The zero-order chi connectivity index (χ0) is 24.6. The van der Waals surface area contributed by atoms with E-state index >= 15 is 0 Å². The minimum Gasteiger partial charge on any atom is -0.399 e. The fourth-order valence-corrected chi connectivity index (χ4v) is 12.3. The van der Waals surface area contributed by atoms with Crippen LogP contribution in [0.3, 0.4) is 0 Å². The number of hydrogen-bond donors (Lipinski definition) is 4. The van der Waals surface area contributed by atoms with E-state index in [-0.39, 0.29) is 21.7 Å². The zero-order valence-electron chi connectivity index (χ0n) is 21.3. The molecule has 6 N–H and O–H groups in total. The lowest BCUT2D eigenvalue weighted by atomic mass is 9.29. The SMILES string of the molecule is Nc1ccc(C23CC4CC(O)(C2)CC(C25CC6CC(O)(CC(c7ccc(N)cc7)(C6)C2)C5)(C4)C3)cc1. The highest BCUT2D eigenvalue weighted by molar-refractivity contribution is 5.45. The van der Waals surface area contributed by atoms with Crippen LogP contribution in [0, 0.1) is 22.7 Å². The lowest BCUT2D eigenvalue weighted by molar-refractivity contribution is -0.275. The van der Waals surface area contributed by atoms with E-state index in [1.165, 1.54) is 36.8 Å². The third kappa shape index (κ3) is 2.78. The van der Waals surface area contributed by atoms with Crippen LogP contribution in [0.15, 0.2) is 48.5 Å². The first-order chi connectivity index (χ1) is 17.1. The topological polar surface area (TPSA) is 92.5 Å². The van der Waals surface area contributed by atoms with Gasteiger partial charge < -0.3 is 21.7 Å². The molecule has 8 aliphatic rings. The third-order valence-electron chi connectivity index (χ3n) is 12.2. The Hall–Kier alpha value is -2.04. The van der Waals surface area contributed by atoms with Crippen molar-refractivity contribution in [3.05, 3.63) is 59.7 Å². The van der Waals surface area contributed by atoms with Gasteiger partial charge in [0.15, 0.2) is 0 Å². The van der Waals surface area contributed by atoms with E-state index in [2.05, 4.69) is 24.3 Å². The fraction of sp³-hybridized carbons (Fsp3) is 0.625. The molecule has 8 saturated carbocycles. The summed E-state index contributed by atoms with van der Waals surface area (Å²) in [6.07, 6.45) is 12.7. The van der Waals surface area contributed by atoms with E-state index in [1.807, 2.05) is 24.3 Å². The number of nitrogen functional groups attached to an aromatic ring is 2. The molecule has 190 valence electrons. The highest BCUT2D eigenvalue weighted by atomic mass is 16.3. The van der Waals surface area contributed by atoms with E-state index < -0.39 is 11.2 Å². The maximum Gasteiger partial charge on any atom is 0.0664 e. The number of rotatable bonds is 3. The molecule has 0 spiro atoms. The Morgan fingerprint density at radius 3 is 1.25 bits per heavy atom. The van der Waals surface area contributed by atoms with Crippen molar-refractivity contribution >= 4 is 11.4 Å². The molecule has 8 fully saturated rings. The zero-order valence-corrected chi connectivity index (χ0v) is 21.3. The van der Waals surface area contributed by atoms with E-state index in [1.54, 1.807) is 0 Å². The molecule has 0 aliphatic heterocycles. The molecule has 36 heavy (non-hydrogen) atoms. The molecule has 0 aromatic heterocycles. The van der Waals surface area contributed by atoms with Crippen molar-refractivity contribution in [2.45, 2.75) is 99.1 Å². The number of aliphatic hydroxyl groups is 2. The van der Waals surface area contributed by atoms with Crippen LogP contribution in [0.25, 0.3) is 0 Å². The third-order valence-corrected chi connectivity index (χ3v) is 12.2. The van der Waals surface area contributed by atoms with E-state index in [0.717, 1.165) is 62.7 Å². The molecule has 4 heteroatoms. The number of benzene rings is 2. The highest BCUT2D eigenvalue weighted by Crippen LogP contribution is 2.79. The van der Waals surface area contributed by atoms with Gasteiger partial charge in [0.25, 0.3) is 0 Å². The lowest BCUT2D eigenvalue weighted by Crippen LogP contribution is -2.72. The van der Waals surface area contributed by atoms with Crippen molar-refractivity contribution in [3.8, 4) is 0 Å². The van der Waals surface area contributed by atoms with Gasteiger partial charge in [0.05, 0.1) is 11.2 Å². The molecule has 8 atom stereocenters. The summed E-state index contributed by atoms with van der Waals surface area (Å²) in [5.74, 6) is 1.14. The van der Waals surface area contributed by atoms with Crippen LogP contribution in [-0.4, -0.2) is 21.4 Å². The summed E-state index contributed by atoms with van der Waals surface area (Å²) < 4.78 is 0. The smallest absolute Gasteiger partial charge is 0.0664 e. The number of nitrogens with two attached hydrogens (primary N) is 2. The van der Waals surface area contributed by atoms with Gasteiger partial charge in [-0.1, -0.05) is 24.3 Å². The second kappa shape index (κ2) is 6.50. The fourth-order valence-electron chi connectivity index (χ4n) is 12.3. The summed E-state index contributed by atoms with van der Waals surface area (Å²) in [5, 5.41) is 24.3. The largest absolute Gasteiger partial charge is 0.399 e. The summed E-state index contributed by atoms with van der Waals surface area (Å²) >= 11 is 0. The van der Waals surface area contributed by atoms with Crippen LogP contribution in [0.4, 0.5) is 11.4 Å². The van der Waals surface area contributed by atoms with Gasteiger partial charge in [-0.25, -0.2) is 0 Å². The van der Waals surface area contributed by atoms with Crippen LogP contribution in [0.5, 0.6) is 0 Å². The highest BCUT2D eigenvalue weighted by Gasteiger charge is 2.74. The van der Waals surface area contributed by atoms with Gasteiger partial charge >= 0.3 is 0 Å². The summed E-state index contributed by atoms with van der Waals surface area (Å²) in [6, 6.07) is 17.2. The van der Waals surface area contributed by atoms with Crippen molar-refractivity contribution in [1.82, 2.24) is 0 Å². The van der Waals surface area contributed by atoms with Crippen molar-refractivity contribution in [2.75, 3.05) is 11.5 Å². The molecule has 2 aromatic rings. The summed E-state index contributed by atoms with van der Waals surface area (Å²) in [6.45, 7) is 0. The average molecular weight is 485 g/mol. The van der Waals surface area contributed by atoms with E-state index in [4.69, 9.17) is 11.5 Å². The maximum absolute atomic E-state index is 12.1. The first-order valence-corrected chi connectivity index (χ1v) is 14.2. The molecule has 4 nitrogen and oxygen atoms in total. The Kier molecular flexibility index (Phi) is 3.97. The van der Waals surface area contributed by atoms with Gasteiger partial charge in [-0.15, -0.1) is 0 Å². The van der Waals surface area contributed by atoms with Gasteiger partial charge in [-0.2, -0.15) is 0 Å². The van der Waals surface area contributed by atoms with Crippen LogP contribution in [0.2, 0.25) is 0 Å². The molecule has 10 rings (SSSR count). The van der Waals surface area contributed by atoms with Crippen molar-refractivity contribution < 1.29 is 10.2 Å². The Morgan fingerprint density at radius 2 is 0.889 bits per heavy atom. The van der Waals surface area contributed by atoms with Crippen LogP contribution < -0.4 is 11.5 Å². The van der Waals surface area contributed by atoms with Gasteiger partial charge in [0.2, 0.25) is 0 Å². The number of anilines is 2. The maximum atomic E-state index is 12.1. The molecule has 8 unspecified atom stereocenters. The second-order valence-electron chi connectivity index (χ2n) is 14.8. The summed E-state index contributed by atoms with van der Waals surface area (Å²) in [5.41, 5.74) is 15.6. The Morgan fingerprint density at radius 1 is 0.500 bits per heavy atom. The van der Waals surface area contributed by atoms with E-state index in [0.29, 0.717) is 11.8 Å². The predicted octanol–water partition coefficient (Wildman–Crippen LogP) is 5.46. The summed E-state index contributed by atoms with van der Waals surface area (Å²) in [4.78, 5) is 0. The molecule has 0 amide bonds. The van der Waals surface area contributed by atoms with Gasteiger partial charge in [-0.05, 0) is 146 Å². The van der Waals surface area contributed by atoms with Crippen LogP contribution in [0.1, 0.15) is 88.2 Å².